The van der Waals surface area contributed by atoms with E-state index in [9.17, 15) is 5.26 Å². The van der Waals surface area contributed by atoms with E-state index in [1.54, 1.807) is 12.1 Å². The van der Waals surface area contributed by atoms with Crippen molar-refractivity contribution >= 4 is 32.9 Å². The maximum atomic E-state index is 9.47. The summed E-state index contributed by atoms with van der Waals surface area (Å²) >= 11 is 1.39. The lowest BCUT2D eigenvalue weighted by Crippen LogP contribution is -2.01. The molecule has 2 aromatic heterocycles. The number of hydrogen-bond acceptors (Lipinski definition) is 7. The van der Waals surface area contributed by atoms with Gasteiger partial charge in [0.25, 0.3) is 0 Å². The number of nitrogens with two attached hydrogens (primary N) is 2. The number of thiophene rings is 1. The highest BCUT2D eigenvalue weighted by atomic mass is 32.1. The second-order valence-electron chi connectivity index (χ2n) is 4.78. The number of methoxy groups -OCH3 is 1. The highest BCUT2D eigenvalue weighted by Gasteiger charge is 2.19. The Morgan fingerprint density at radius 2 is 1.96 bits per heavy atom. The van der Waals surface area contributed by atoms with Crippen molar-refractivity contribution in [2.45, 2.75) is 0 Å². The molecule has 2 heterocycles. The number of pyridine rings is 1. The number of hydrogen-bond donors (Lipinski definition) is 2. The zero-order chi connectivity index (χ0) is 16.6. The Bertz CT molecular complexity index is 1010. The van der Waals surface area contributed by atoms with Crippen LogP contribution in [-0.2, 0) is 0 Å². The van der Waals surface area contributed by atoms with Crippen molar-refractivity contribution in [1.29, 1.82) is 10.5 Å². The predicted octanol–water partition coefficient (Wildman–Crippen LogP) is 2.88. The van der Waals surface area contributed by atoms with Gasteiger partial charge in [0.1, 0.15) is 22.7 Å². The van der Waals surface area contributed by atoms with Crippen LogP contribution in [0.1, 0.15) is 11.1 Å². The van der Waals surface area contributed by atoms with E-state index in [4.69, 9.17) is 21.5 Å². The monoisotopic (exact) mass is 321 g/mol. The normalized spacial score (nSPS) is 10.2. The standard InChI is InChI=1S/C16H11N5OS/c1-22-12-4-11(19)14(10(6-18)15(12)20)13-3-9-2-8(5-17)7-21-16(9)23-13/h2-4,7H,19-20H2,1H3. The second-order valence-corrected chi connectivity index (χ2v) is 5.82. The third-order valence-corrected chi connectivity index (χ3v) is 4.52. The fourth-order valence-electron chi connectivity index (χ4n) is 2.36. The van der Waals surface area contributed by atoms with Gasteiger partial charge in [-0.2, -0.15) is 10.5 Å². The molecule has 3 rings (SSSR count). The number of aromatic nitrogens is 1. The van der Waals surface area contributed by atoms with Crippen LogP contribution in [0.3, 0.4) is 0 Å². The number of anilines is 2. The number of nitrogens with zero attached hydrogens (tertiary/aromatic N) is 3. The van der Waals surface area contributed by atoms with Gasteiger partial charge in [0, 0.05) is 33.8 Å². The third-order valence-electron chi connectivity index (χ3n) is 3.44. The molecule has 0 bridgehead atoms. The van der Waals surface area contributed by atoms with Crippen molar-refractivity contribution in [1.82, 2.24) is 4.98 Å². The molecule has 0 aliphatic rings. The number of benzene rings is 1. The van der Waals surface area contributed by atoms with E-state index in [0.29, 0.717) is 22.6 Å². The molecule has 0 aliphatic heterocycles. The summed E-state index contributed by atoms with van der Waals surface area (Å²) in [5.74, 6) is 0.369. The van der Waals surface area contributed by atoms with Gasteiger partial charge in [-0.3, -0.25) is 0 Å². The third kappa shape index (κ3) is 2.30. The summed E-state index contributed by atoms with van der Waals surface area (Å²) in [5, 5.41) is 19.2. The van der Waals surface area contributed by atoms with E-state index >= 15 is 0 Å². The average molecular weight is 321 g/mol. The SMILES string of the molecule is COc1cc(N)c(-c2cc3cc(C#N)cnc3s2)c(C#N)c1N. The maximum absolute atomic E-state index is 9.47. The smallest absolute Gasteiger partial charge is 0.145 e. The molecule has 1 aromatic carbocycles. The van der Waals surface area contributed by atoms with Crippen molar-refractivity contribution in [3.8, 4) is 28.3 Å². The Hall–Kier alpha value is -3.29. The van der Waals surface area contributed by atoms with Crippen LogP contribution < -0.4 is 16.2 Å². The van der Waals surface area contributed by atoms with Crippen molar-refractivity contribution in [3.05, 3.63) is 35.5 Å². The predicted molar refractivity (Wildman–Crippen MR) is 89.9 cm³/mol. The molecule has 7 heteroatoms. The van der Waals surface area contributed by atoms with Crippen LogP contribution in [0.2, 0.25) is 0 Å². The number of nitriles is 2. The van der Waals surface area contributed by atoms with E-state index < -0.39 is 0 Å². The van der Waals surface area contributed by atoms with E-state index in [-0.39, 0.29) is 11.3 Å². The number of fused-ring (bicyclic) bond motifs is 1. The molecule has 0 atom stereocenters. The van der Waals surface area contributed by atoms with Gasteiger partial charge < -0.3 is 16.2 Å². The van der Waals surface area contributed by atoms with Crippen LogP contribution in [0.15, 0.2) is 24.4 Å². The minimum Gasteiger partial charge on any atom is -0.494 e. The summed E-state index contributed by atoms with van der Waals surface area (Å²) in [6, 6.07) is 9.35. The highest BCUT2D eigenvalue weighted by molar-refractivity contribution is 7.21. The van der Waals surface area contributed by atoms with Crippen LogP contribution in [-0.4, -0.2) is 12.1 Å². The first-order valence-corrected chi connectivity index (χ1v) is 7.36. The van der Waals surface area contributed by atoms with Gasteiger partial charge in [0.2, 0.25) is 0 Å². The molecule has 23 heavy (non-hydrogen) atoms. The lowest BCUT2D eigenvalue weighted by Gasteiger charge is -2.12. The molecule has 3 aromatic rings. The quantitative estimate of drug-likeness (QED) is 0.700. The van der Waals surface area contributed by atoms with Crippen LogP contribution >= 0.6 is 11.3 Å². The van der Waals surface area contributed by atoms with Crippen LogP contribution in [0.5, 0.6) is 5.75 Å². The van der Waals surface area contributed by atoms with Crippen molar-refractivity contribution in [2.24, 2.45) is 0 Å². The molecule has 0 spiro atoms. The molecule has 0 fully saturated rings. The largest absolute Gasteiger partial charge is 0.494 e. The molecule has 6 nitrogen and oxygen atoms in total. The van der Waals surface area contributed by atoms with E-state index in [0.717, 1.165) is 15.1 Å². The Labute approximate surface area is 136 Å². The first-order chi connectivity index (χ1) is 11.1. The lowest BCUT2D eigenvalue weighted by atomic mass is 10.0. The number of ether oxygens (including phenoxy) is 1. The molecular weight excluding hydrogens is 310 g/mol. The van der Waals surface area contributed by atoms with Crippen molar-refractivity contribution < 1.29 is 4.74 Å². The number of rotatable bonds is 2. The van der Waals surface area contributed by atoms with Crippen molar-refractivity contribution in [2.75, 3.05) is 18.6 Å². The van der Waals surface area contributed by atoms with Gasteiger partial charge >= 0.3 is 0 Å². The Balaban J connectivity index is 2.29. The minimum absolute atomic E-state index is 0.252. The summed E-state index contributed by atoms with van der Waals surface area (Å²) in [6.07, 6.45) is 1.51. The van der Waals surface area contributed by atoms with Gasteiger partial charge in [-0.1, -0.05) is 0 Å². The fourth-order valence-corrected chi connectivity index (χ4v) is 3.42. The topological polar surface area (TPSA) is 122 Å². The summed E-state index contributed by atoms with van der Waals surface area (Å²) < 4.78 is 5.15. The van der Waals surface area contributed by atoms with Crippen LogP contribution in [0.4, 0.5) is 11.4 Å². The molecule has 0 saturated carbocycles. The van der Waals surface area contributed by atoms with E-state index in [1.165, 1.54) is 24.6 Å². The van der Waals surface area contributed by atoms with Crippen molar-refractivity contribution in [3.63, 3.8) is 0 Å². The Kier molecular flexibility index (Phi) is 3.49. The fraction of sp³-hybridized carbons (Fsp3) is 0.0625. The highest BCUT2D eigenvalue weighted by Crippen LogP contribution is 2.42. The Morgan fingerprint density at radius 3 is 2.61 bits per heavy atom. The average Bonchev–Trinajstić information content (AvgIpc) is 2.98. The van der Waals surface area contributed by atoms with Crippen LogP contribution in [0, 0.1) is 22.7 Å². The second kappa shape index (κ2) is 5.48. The molecule has 0 amide bonds. The summed E-state index contributed by atoms with van der Waals surface area (Å²) in [4.78, 5) is 5.79. The molecule has 0 unspecified atom stereocenters. The molecule has 0 radical (unpaired) electrons. The summed E-state index contributed by atoms with van der Waals surface area (Å²) in [6.45, 7) is 0. The number of nitrogen functional groups attached to an aromatic ring is 2. The lowest BCUT2D eigenvalue weighted by molar-refractivity contribution is 0.417. The Morgan fingerprint density at radius 1 is 1.17 bits per heavy atom. The zero-order valence-corrected chi connectivity index (χ0v) is 12.9. The molecule has 0 saturated heterocycles. The summed E-state index contributed by atoms with van der Waals surface area (Å²) in [5.41, 5.74) is 14.1. The van der Waals surface area contributed by atoms with E-state index in [2.05, 4.69) is 17.1 Å². The van der Waals surface area contributed by atoms with Crippen LogP contribution in [0.25, 0.3) is 20.7 Å². The molecular formula is C16H11N5OS. The van der Waals surface area contributed by atoms with Gasteiger partial charge in [-0.15, -0.1) is 11.3 Å². The first-order valence-electron chi connectivity index (χ1n) is 6.55. The van der Waals surface area contributed by atoms with E-state index in [1.807, 2.05) is 6.07 Å². The van der Waals surface area contributed by atoms with Gasteiger partial charge in [-0.25, -0.2) is 4.98 Å². The summed E-state index contributed by atoms with van der Waals surface area (Å²) in [7, 11) is 1.47. The minimum atomic E-state index is 0.252. The molecule has 112 valence electrons. The zero-order valence-electron chi connectivity index (χ0n) is 12.1. The van der Waals surface area contributed by atoms with Gasteiger partial charge in [0.15, 0.2) is 0 Å². The van der Waals surface area contributed by atoms with Gasteiger partial charge in [0.05, 0.1) is 23.9 Å². The first kappa shape index (κ1) is 14.6. The molecule has 4 N–H and O–H groups in total. The molecule has 0 aliphatic carbocycles. The van der Waals surface area contributed by atoms with Gasteiger partial charge in [-0.05, 0) is 12.1 Å². The maximum Gasteiger partial charge on any atom is 0.145 e.